The van der Waals surface area contributed by atoms with Crippen molar-refractivity contribution in [2.24, 2.45) is 5.73 Å². The number of aromatic nitrogens is 2. The van der Waals surface area contributed by atoms with Crippen molar-refractivity contribution in [3.8, 4) is 16.9 Å². The van der Waals surface area contributed by atoms with E-state index in [1.54, 1.807) is 0 Å². The van der Waals surface area contributed by atoms with E-state index in [0.717, 1.165) is 34.7 Å². The molecule has 0 aliphatic carbocycles. The number of hydrogen-bond donors (Lipinski definition) is 1. The Hall–Kier alpha value is -1.94. The molecule has 3 rings (SSSR count). The van der Waals surface area contributed by atoms with Gasteiger partial charge in [-0.25, -0.2) is 9.97 Å². The van der Waals surface area contributed by atoms with Crippen LogP contribution in [0.1, 0.15) is 11.4 Å². The second-order valence-corrected chi connectivity index (χ2v) is 4.58. The molecular formula is C14H15N3O. The third-order valence-electron chi connectivity index (χ3n) is 3.14. The molecular weight excluding hydrogens is 226 g/mol. The average molecular weight is 241 g/mol. The quantitative estimate of drug-likeness (QED) is 0.825. The van der Waals surface area contributed by atoms with Gasteiger partial charge in [0.2, 0.25) is 0 Å². The molecule has 0 unspecified atom stereocenters. The summed E-state index contributed by atoms with van der Waals surface area (Å²) in [6.45, 7) is 2.46. The zero-order valence-electron chi connectivity index (χ0n) is 10.3. The van der Waals surface area contributed by atoms with E-state index in [2.05, 4.69) is 16.0 Å². The van der Waals surface area contributed by atoms with Gasteiger partial charge in [0.15, 0.2) is 0 Å². The Morgan fingerprint density at radius 3 is 2.83 bits per heavy atom. The van der Waals surface area contributed by atoms with Crippen LogP contribution in [0.25, 0.3) is 11.1 Å². The molecule has 18 heavy (non-hydrogen) atoms. The number of fused-ring (bicyclic) bond motifs is 1. The lowest BCUT2D eigenvalue weighted by molar-refractivity contribution is 0.264. The van der Waals surface area contributed by atoms with Gasteiger partial charge in [-0.3, -0.25) is 0 Å². The molecule has 4 heteroatoms. The van der Waals surface area contributed by atoms with Gasteiger partial charge in [0.05, 0.1) is 0 Å². The second kappa shape index (κ2) is 4.38. The Morgan fingerprint density at radius 2 is 2.06 bits per heavy atom. The molecule has 92 valence electrons. The summed E-state index contributed by atoms with van der Waals surface area (Å²) in [6, 6.07) is 6.10. The normalized spacial score (nSPS) is 18.0. The fraction of sp³-hybridized carbons (Fsp3) is 0.286. The molecule has 2 aromatic rings. The lowest BCUT2D eigenvalue weighted by Crippen LogP contribution is -2.34. The van der Waals surface area contributed by atoms with E-state index in [1.165, 1.54) is 0 Å². The molecule has 0 spiro atoms. The highest BCUT2D eigenvalue weighted by Gasteiger charge is 2.20. The second-order valence-electron chi connectivity index (χ2n) is 4.58. The molecule has 0 saturated heterocycles. The standard InChI is InChI=1S/C14H15N3O/c1-9-16-6-10(7-17-9)12-3-2-4-14-13(12)5-11(15)8-18-14/h2-4,6-7,11H,5,8,15H2,1H3/t11-/m0/s1. The Morgan fingerprint density at radius 1 is 1.28 bits per heavy atom. The van der Waals surface area contributed by atoms with Crippen LogP contribution in [0.15, 0.2) is 30.6 Å². The van der Waals surface area contributed by atoms with Crippen molar-refractivity contribution >= 4 is 0 Å². The number of ether oxygens (including phenoxy) is 1. The minimum atomic E-state index is 0.0602. The Balaban J connectivity index is 2.09. The molecule has 1 aliphatic heterocycles. The van der Waals surface area contributed by atoms with Crippen molar-refractivity contribution < 1.29 is 4.74 Å². The summed E-state index contributed by atoms with van der Waals surface area (Å²) < 4.78 is 5.66. The number of rotatable bonds is 1. The highest BCUT2D eigenvalue weighted by Crippen LogP contribution is 2.33. The molecule has 0 amide bonds. The van der Waals surface area contributed by atoms with Crippen LogP contribution in [0.2, 0.25) is 0 Å². The number of aryl methyl sites for hydroxylation is 1. The van der Waals surface area contributed by atoms with E-state index >= 15 is 0 Å². The molecule has 0 bridgehead atoms. The Kier molecular flexibility index (Phi) is 2.72. The maximum atomic E-state index is 5.96. The van der Waals surface area contributed by atoms with Crippen LogP contribution in [0.3, 0.4) is 0 Å². The fourth-order valence-electron chi connectivity index (χ4n) is 2.23. The molecule has 1 aromatic heterocycles. The van der Waals surface area contributed by atoms with Crippen molar-refractivity contribution in [2.75, 3.05) is 6.61 Å². The van der Waals surface area contributed by atoms with E-state index < -0.39 is 0 Å². The largest absolute Gasteiger partial charge is 0.492 e. The van der Waals surface area contributed by atoms with Gasteiger partial charge < -0.3 is 10.5 Å². The van der Waals surface area contributed by atoms with E-state index in [1.807, 2.05) is 31.5 Å². The SMILES string of the molecule is Cc1ncc(-c2cccc3c2C[C@H](N)CO3)cn1. The first-order valence-corrected chi connectivity index (χ1v) is 6.03. The summed E-state index contributed by atoms with van der Waals surface area (Å²) in [5.74, 6) is 1.70. The third kappa shape index (κ3) is 1.95. The molecule has 2 N–H and O–H groups in total. The van der Waals surface area contributed by atoms with Crippen molar-refractivity contribution in [1.29, 1.82) is 0 Å². The number of nitrogens with zero attached hydrogens (tertiary/aromatic N) is 2. The van der Waals surface area contributed by atoms with Crippen LogP contribution in [0.4, 0.5) is 0 Å². The lowest BCUT2D eigenvalue weighted by atomic mass is 9.94. The van der Waals surface area contributed by atoms with Crippen molar-refractivity contribution in [2.45, 2.75) is 19.4 Å². The summed E-state index contributed by atoms with van der Waals surface area (Å²) in [5, 5.41) is 0. The third-order valence-corrected chi connectivity index (χ3v) is 3.14. The minimum absolute atomic E-state index is 0.0602. The predicted octanol–water partition coefficient (Wildman–Crippen LogP) is 1.71. The van der Waals surface area contributed by atoms with Crippen LogP contribution in [0, 0.1) is 6.92 Å². The molecule has 1 atom stereocenters. The highest BCUT2D eigenvalue weighted by molar-refractivity contribution is 5.69. The zero-order valence-corrected chi connectivity index (χ0v) is 10.3. The number of hydrogen-bond acceptors (Lipinski definition) is 4. The lowest BCUT2D eigenvalue weighted by Gasteiger charge is -2.24. The van der Waals surface area contributed by atoms with Gasteiger partial charge in [-0.05, 0) is 25.0 Å². The Bertz CT molecular complexity index is 566. The van der Waals surface area contributed by atoms with Crippen LogP contribution >= 0.6 is 0 Å². The van der Waals surface area contributed by atoms with Gasteiger partial charge in [0.25, 0.3) is 0 Å². The van der Waals surface area contributed by atoms with Crippen LogP contribution in [-0.2, 0) is 6.42 Å². The molecule has 0 saturated carbocycles. The average Bonchev–Trinajstić information content (AvgIpc) is 2.39. The summed E-state index contributed by atoms with van der Waals surface area (Å²) in [6.07, 6.45) is 4.52. The summed E-state index contributed by atoms with van der Waals surface area (Å²) in [5.41, 5.74) is 9.24. The molecule has 4 nitrogen and oxygen atoms in total. The first-order chi connectivity index (χ1) is 8.74. The summed E-state index contributed by atoms with van der Waals surface area (Å²) >= 11 is 0. The van der Waals surface area contributed by atoms with Crippen LogP contribution in [-0.4, -0.2) is 22.6 Å². The molecule has 2 heterocycles. The van der Waals surface area contributed by atoms with Gasteiger partial charge >= 0.3 is 0 Å². The Labute approximate surface area is 106 Å². The number of nitrogens with two attached hydrogens (primary N) is 1. The maximum absolute atomic E-state index is 5.96. The highest BCUT2D eigenvalue weighted by atomic mass is 16.5. The van der Waals surface area contributed by atoms with E-state index in [4.69, 9.17) is 10.5 Å². The van der Waals surface area contributed by atoms with Crippen molar-refractivity contribution in [1.82, 2.24) is 9.97 Å². The maximum Gasteiger partial charge on any atom is 0.125 e. The van der Waals surface area contributed by atoms with Gasteiger partial charge in [-0.1, -0.05) is 12.1 Å². The van der Waals surface area contributed by atoms with E-state index in [9.17, 15) is 0 Å². The summed E-state index contributed by atoms with van der Waals surface area (Å²) in [4.78, 5) is 8.48. The molecule has 1 aromatic carbocycles. The van der Waals surface area contributed by atoms with Crippen molar-refractivity contribution in [3.63, 3.8) is 0 Å². The molecule has 0 radical (unpaired) electrons. The van der Waals surface area contributed by atoms with Crippen molar-refractivity contribution in [3.05, 3.63) is 42.0 Å². The minimum Gasteiger partial charge on any atom is -0.492 e. The topological polar surface area (TPSA) is 61.0 Å². The summed E-state index contributed by atoms with van der Waals surface area (Å²) in [7, 11) is 0. The molecule has 0 fully saturated rings. The van der Waals surface area contributed by atoms with Gasteiger partial charge in [0.1, 0.15) is 18.2 Å². The monoisotopic (exact) mass is 241 g/mol. The predicted molar refractivity (Wildman–Crippen MR) is 69.4 cm³/mol. The van der Waals surface area contributed by atoms with E-state index in [-0.39, 0.29) is 6.04 Å². The van der Waals surface area contributed by atoms with Crippen LogP contribution < -0.4 is 10.5 Å². The smallest absolute Gasteiger partial charge is 0.125 e. The molecule has 1 aliphatic rings. The van der Waals surface area contributed by atoms with Crippen LogP contribution in [0.5, 0.6) is 5.75 Å². The fourth-order valence-corrected chi connectivity index (χ4v) is 2.23. The van der Waals surface area contributed by atoms with Gasteiger partial charge in [-0.15, -0.1) is 0 Å². The van der Waals surface area contributed by atoms with E-state index in [0.29, 0.717) is 6.61 Å². The first kappa shape index (κ1) is 11.2. The zero-order chi connectivity index (χ0) is 12.5. The first-order valence-electron chi connectivity index (χ1n) is 6.03. The van der Waals surface area contributed by atoms with Gasteiger partial charge in [0, 0.05) is 29.6 Å². The van der Waals surface area contributed by atoms with Gasteiger partial charge in [-0.2, -0.15) is 0 Å². The number of benzene rings is 1.